The number of aromatic nitrogens is 2. The van der Waals surface area contributed by atoms with Crippen LogP contribution in [0.5, 0.6) is 0 Å². The lowest BCUT2D eigenvalue weighted by Gasteiger charge is -2.23. The fourth-order valence-corrected chi connectivity index (χ4v) is 4.32. The zero-order valence-electron chi connectivity index (χ0n) is 17.8. The Bertz CT molecular complexity index is 1250. The number of nitrogens with two attached hydrogens (primary N) is 2. The molecule has 4 N–H and O–H groups in total. The summed E-state index contributed by atoms with van der Waals surface area (Å²) in [6, 6.07) is 7.06. The summed E-state index contributed by atoms with van der Waals surface area (Å²) in [5.74, 6) is 0.148. The van der Waals surface area contributed by atoms with Gasteiger partial charge in [0.1, 0.15) is 5.82 Å². The highest BCUT2D eigenvalue weighted by molar-refractivity contribution is 5.99. The van der Waals surface area contributed by atoms with Crippen molar-refractivity contribution in [1.82, 2.24) is 14.9 Å². The maximum absolute atomic E-state index is 13.5. The number of rotatable bonds is 4. The van der Waals surface area contributed by atoms with Crippen molar-refractivity contribution in [2.45, 2.75) is 50.9 Å². The van der Waals surface area contributed by atoms with Crippen molar-refractivity contribution in [2.75, 3.05) is 5.73 Å². The Morgan fingerprint density at radius 1 is 1.27 bits per heavy atom. The number of ether oxygens (including phenoxy) is 1. The average molecular weight is 457 g/mol. The number of alkyl halides is 3. The Morgan fingerprint density at radius 3 is 2.67 bits per heavy atom. The first-order valence-corrected chi connectivity index (χ1v) is 10.6. The number of amides is 1. The van der Waals surface area contributed by atoms with Gasteiger partial charge in [-0.1, -0.05) is 0 Å². The van der Waals surface area contributed by atoms with Crippen molar-refractivity contribution >= 4 is 22.6 Å². The van der Waals surface area contributed by atoms with Crippen molar-refractivity contribution in [3.8, 4) is 0 Å². The molecule has 0 saturated heterocycles. The van der Waals surface area contributed by atoms with Gasteiger partial charge >= 0.3 is 6.18 Å². The fraction of sp³-hybridized carbons (Fsp3) is 0.348. The Labute approximate surface area is 187 Å². The highest BCUT2D eigenvalue weighted by Crippen LogP contribution is 2.38. The quantitative estimate of drug-likeness (QED) is 0.620. The minimum atomic E-state index is -4.47. The molecule has 1 aliphatic heterocycles. The topological polar surface area (TPSA) is 107 Å². The molecular formula is C23H22F3N5O2. The number of benzene rings is 1. The molecule has 5 rings (SSSR count). The average Bonchev–Trinajstić information content (AvgIpc) is 3.36. The first kappa shape index (κ1) is 21.6. The van der Waals surface area contributed by atoms with Crippen LogP contribution in [0.3, 0.4) is 0 Å². The van der Waals surface area contributed by atoms with E-state index >= 15 is 0 Å². The predicted octanol–water partition coefficient (Wildman–Crippen LogP) is 3.56. The molecule has 1 aliphatic carbocycles. The number of carbonyl (C=O) groups excluding carboxylic acids is 1. The van der Waals surface area contributed by atoms with Crippen LogP contribution in [0.2, 0.25) is 0 Å². The molecule has 0 radical (unpaired) electrons. The highest BCUT2D eigenvalue weighted by Gasteiger charge is 2.42. The standard InChI is InChI=1S/C23H22F3N5O2/c1-11-20-16(10-33-11)15-6-12(2-5-18(15)30-21(20)28)22(32)31(19-7-17(19)27)9-14-4-3-13(8-29-14)23(24,25)26/h2-6,8,11,17,19H,7,9-10,27H2,1H3,(H2,28,30)/t11-,17-,19-/m0/s1. The van der Waals surface area contributed by atoms with E-state index in [9.17, 15) is 18.0 Å². The molecular weight excluding hydrogens is 435 g/mol. The van der Waals surface area contributed by atoms with Crippen molar-refractivity contribution in [3.63, 3.8) is 0 Å². The number of anilines is 1. The second-order valence-electron chi connectivity index (χ2n) is 8.51. The number of hydrogen-bond donors (Lipinski definition) is 2. The third-order valence-electron chi connectivity index (χ3n) is 6.25. The largest absolute Gasteiger partial charge is 0.417 e. The second-order valence-corrected chi connectivity index (χ2v) is 8.51. The van der Waals surface area contributed by atoms with Crippen LogP contribution in [0.15, 0.2) is 36.5 Å². The van der Waals surface area contributed by atoms with Gasteiger partial charge < -0.3 is 21.1 Å². The summed E-state index contributed by atoms with van der Waals surface area (Å²) in [5.41, 5.74) is 14.5. The zero-order chi connectivity index (χ0) is 23.5. The lowest BCUT2D eigenvalue weighted by atomic mass is 10.00. The monoisotopic (exact) mass is 457 g/mol. The second kappa shape index (κ2) is 7.67. The van der Waals surface area contributed by atoms with Gasteiger partial charge in [0.05, 0.1) is 36.0 Å². The van der Waals surface area contributed by atoms with Crippen LogP contribution in [0.25, 0.3) is 10.9 Å². The molecule has 0 spiro atoms. The molecule has 3 aromatic rings. The summed E-state index contributed by atoms with van der Waals surface area (Å²) in [7, 11) is 0. The van der Waals surface area contributed by atoms with Crippen LogP contribution in [0.1, 0.15) is 52.2 Å². The Hall–Kier alpha value is -3.24. The first-order valence-electron chi connectivity index (χ1n) is 10.6. The molecule has 2 aromatic heterocycles. The summed E-state index contributed by atoms with van der Waals surface area (Å²) in [5, 5.41) is 0.794. The van der Waals surface area contributed by atoms with Gasteiger partial charge in [-0.2, -0.15) is 13.2 Å². The smallest absolute Gasteiger partial charge is 0.383 e. The van der Waals surface area contributed by atoms with Crippen LogP contribution in [-0.2, 0) is 24.1 Å². The van der Waals surface area contributed by atoms with Crippen molar-refractivity contribution < 1.29 is 22.7 Å². The van der Waals surface area contributed by atoms with Crippen LogP contribution < -0.4 is 11.5 Å². The lowest BCUT2D eigenvalue weighted by molar-refractivity contribution is -0.137. The van der Waals surface area contributed by atoms with E-state index in [-0.39, 0.29) is 30.6 Å². The number of nitrogen functional groups attached to an aromatic ring is 1. The number of pyridine rings is 2. The van der Waals surface area contributed by atoms with Gasteiger partial charge in [0.15, 0.2) is 0 Å². The van der Waals surface area contributed by atoms with Crippen LogP contribution >= 0.6 is 0 Å². The minimum absolute atomic E-state index is 0.0611. The fourth-order valence-electron chi connectivity index (χ4n) is 4.32. The molecule has 33 heavy (non-hydrogen) atoms. The van der Waals surface area contributed by atoms with E-state index in [1.54, 1.807) is 23.1 Å². The van der Waals surface area contributed by atoms with Gasteiger partial charge in [0, 0.05) is 34.8 Å². The molecule has 10 heteroatoms. The van der Waals surface area contributed by atoms with E-state index in [1.807, 2.05) is 6.92 Å². The van der Waals surface area contributed by atoms with Gasteiger partial charge in [-0.15, -0.1) is 0 Å². The Morgan fingerprint density at radius 2 is 2.03 bits per heavy atom. The van der Waals surface area contributed by atoms with Crippen LogP contribution in [-0.4, -0.2) is 32.9 Å². The Kier molecular flexibility index (Phi) is 5.02. The number of fused-ring (bicyclic) bond motifs is 3. The third kappa shape index (κ3) is 3.89. The summed E-state index contributed by atoms with van der Waals surface area (Å²) < 4.78 is 44.3. The zero-order valence-corrected chi connectivity index (χ0v) is 17.8. The molecule has 1 fully saturated rings. The van der Waals surface area contributed by atoms with E-state index in [0.717, 1.165) is 28.8 Å². The molecule has 0 bridgehead atoms. The summed E-state index contributed by atoms with van der Waals surface area (Å²) in [6.45, 7) is 2.34. The molecule has 1 aromatic carbocycles. The molecule has 1 amide bonds. The molecule has 2 aliphatic rings. The molecule has 3 heterocycles. The van der Waals surface area contributed by atoms with Crippen molar-refractivity contribution in [1.29, 1.82) is 0 Å². The van der Waals surface area contributed by atoms with Gasteiger partial charge in [-0.05, 0) is 49.2 Å². The number of carbonyl (C=O) groups is 1. The summed E-state index contributed by atoms with van der Waals surface area (Å²) in [4.78, 5) is 23.4. The maximum Gasteiger partial charge on any atom is 0.417 e. The van der Waals surface area contributed by atoms with E-state index in [2.05, 4.69) is 9.97 Å². The highest BCUT2D eigenvalue weighted by atomic mass is 19.4. The first-order chi connectivity index (χ1) is 15.6. The van der Waals surface area contributed by atoms with Crippen molar-refractivity contribution in [3.05, 3.63) is 64.5 Å². The van der Waals surface area contributed by atoms with E-state index in [4.69, 9.17) is 16.2 Å². The van der Waals surface area contributed by atoms with E-state index < -0.39 is 11.7 Å². The molecule has 3 atom stereocenters. The summed E-state index contributed by atoms with van der Waals surface area (Å²) in [6.07, 6.45) is -3.24. The lowest BCUT2D eigenvalue weighted by Crippen LogP contribution is -2.36. The number of halogens is 3. The third-order valence-corrected chi connectivity index (χ3v) is 6.25. The van der Waals surface area contributed by atoms with Gasteiger partial charge in [-0.25, -0.2) is 4.98 Å². The van der Waals surface area contributed by atoms with Gasteiger partial charge in [0.2, 0.25) is 0 Å². The van der Waals surface area contributed by atoms with Gasteiger partial charge in [-0.3, -0.25) is 9.78 Å². The molecule has 1 saturated carbocycles. The van der Waals surface area contributed by atoms with Crippen molar-refractivity contribution in [2.24, 2.45) is 5.73 Å². The number of nitrogens with zero attached hydrogens (tertiary/aromatic N) is 3. The SMILES string of the molecule is C[C@@H]1OCc2c1c(N)nc1ccc(C(=O)N(Cc3ccc(C(F)(F)F)cn3)[C@H]3C[C@@H]3N)cc21. The molecule has 7 nitrogen and oxygen atoms in total. The maximum atomic E-state index is 13.5. The van der Waals surface area contributed by atoms with Crippen LogP contribution in [0, 0.1) is 0 Å². The normalized spacial score (nSPS) is 21.8. The minimum Gasteiger partial charge on any atom is -0.383 e. The van der Waals surface area contributed by atoms with E-state index in [1.165, 1.54) is 6.07 Å². The Balaban J connectivity index is 1.47. The summed E-state index contributed by atoms with van der Waals surface area (Å²) >= 11 is 0. The molecule has 0 unspecified atom stereocenters. The predicted molar refractivity (Wildman–Crippen MR) is 115 cm³/mol. The van der Waals surface area contributed by atoms with Gasteiger partial charge in [0.25, 0.3) is 5.91 Å². The van der Waals surface area contributed by atoms with E-state index in [0.29, 0.717) is 35.6 Å². The molecule has 172 valence electrons. The number of hydrogen-bond acceptors (Lipinski definition) is 6. The van der Waals surface area contributed by atoms with Crippen LogP contribution in [0.4, 0.5) is 19.0 Å².